The Kier molecular flexibility index (Phi) is 4.36. The molecule has 0 bridgehead atoms. The van der Waals surface area contributed by atoms with Gasteiger partial charge in [-0.05, 0) is 24.1 Å². The third-order valence-corrected chi connectivity index (χ3v) is 2.99. The second-order valence-electron chi connectivity index (χ2n) is 3.70. The van der Waals surface area contributed by atoms with E-state index in [-0.39, 0.29) is 0 Å². The number of nitrogens with zero attached hydrogens (tertiary/aromatic N) is 2. The number of hydrogen-bond acceptors (Lipinski definition) is 3. The minimum atomic E-state index is 0.561. The van der Waals surface area contributed by atoms with Crippen LogP contribution in [0.15, 0.2) is 53.4 Å². The number of carbonyl (C=O) groups excluding carboxylic acids is 1. The van der Waals surface area contributed by atoms with Crippen molar-refractivity contribution in [3.05, 3.63) is 64.7 Å². The zero-order valence-corrected chi connectivity index (χ0v) is 11.2. The van der Waals surface area contributed by atoms with Gasteiger partial charge in [-0.2, -0.15) is 0 Å². The van der Waals surface area contributed by atoms with Crippen LogP contribution in [-0.4, -0.2) is 16.3 Å². The number of rotatable bonds is 4. The van der Waals surface area contributed by atoms with Crippen molar-refractivity contribution in [2.75, 3.05) is 0 Å². The van der Waals surface area contributed by atoms with Gasteiger partial charge in [0.15, 0.2) is 6.29 Å². The summed E-state index contributed by atoms with van der Waals surface area (Å²) in [6, 6.07) is 7.98. The molecule has 0 saturated carbocycles. The molecule has 0 saturated heterocycles. The van der Waals surface area contributed by atoms with Crippen molar-refractivity contribution >= 4 is 27.8 Å². The van der Waals surface area contributed by atoms with Gasteiger partial charge in [-0.1, -0.05) is 34.1 Å². The minimum Gasteiger partial charge on any atom is -0.298 e. The lowest BCUT2D eigenvalue weighted by Gasteiger charge is -2.00. The first-order chi connectivity index (χ1) is 8.79. The molecule has 0 atom stereocenters. The maximum absolute atomic E-state index is 11.0. The van der Waals surface area contributed by atoms with E-state index < -0.39 is 0 Å². The number of allylic oxidation sites excluding steroid dienone is 2. The topological polar surface area (TPSA) is 42.9 Å². The van der Waals surface area contributed by atoms with Crippen LogP contribution in [0.4, 0.5) is 0 Å². The van der Waals surface area contributed by atoms with Crippen LogP contribution in [0.25, 0.3) is 5.57 Å². The lowest BCUT2D eigenvalue weighted by atomic mass is 10.1. The molecule has 1 aromatic carbocycles. The predicted molar refractivity (Wildman–Crippen MR) is 73.9 cm³/mol. The van der Waals surface area contributed by atoms with Crippen LogP contribution in [0.3, 0.4) is 0 Å². The standard InChI is InChI=1S/C14H11BrN2O/c15-13-5-2-11(3-6-13)1-4-12(10-18)14-9-16-7-8-17-14/h2-10H,1H2. The molecular weight excluding hydrogens is 292 g/mol. The average molecular weight is 303 g/mol. The Labute approximate surface area is 114 Å². The number of benzene rings is 1. The van der Waals surface area contributed by atoms with Gasteiger partial charge in [0.1, 0.15) is 0 Å². The maximum Gasteiger partial charge on any atom is 0.151 e. The number of aldehydes is 1. The van der Waals surface area contributed by atoms with Gasteiger partial charge in [0.25, 0.3) is 0 Å². The van der Waals surface area contributed by atoms with Gasteiger partial charge in [0, 0.05) is 22.4 Å². The Bertz CT molecular complexity index is 550. The van der Waals surface area contributed by atoms with Gasteiger partial charge in [-0.25, -0.2) is 0 Å². The molecule has 0 radical (unpaired) electrons. The van der Waals surface area contributed by atoms with E-state index >= 15 is 0 Å². The zero-order chi connectivity index (χ0) is 12.8. The highest BCUT2D eigenvalue weighted by Crippen LogP contribution is 2.13. The summed E-state index contributed by atoms with van der Waals surface area (Å²) in [6.07, 6.45) is 8.11. The predicted octanol–water partition coefficient (Wildman–Crippen LogP) is 3.06. The third-order valence-electron chi connectivity index (χ3n) is 2.46. The molecule has 1 aromatic heterocycles. The van der Waals surface area contributed by atoms with Crippen molar-refractivity contribution in [1.82, 2.24) is 9.97 Å². The van der Waals surface area contributed by atoms with E-state index in [1.807, 2.05) is 30.3 Å². The smallest absolute Gasteiger partial charge is 0.151 e. The maximum atomic E-state index is 11.0. The number of carbonyl (C=O) groups is 1. The Morgan fingerprint density at radius 1 is 1.22 bits per heavy atom. The van der Waals surface area contributed by atoms with Gasteiger partial charge in [-0.3, -0.25) is 14.8 Å². The van der Waals surface area contributed by atoms with Crippen molar-refractivity contribution in [2.24, 2.45) is 0 Å². The Balaban J connectivity index is 2.16. The summed E-state index contributed by atoms with van der Waals surface area (Å²) in [5, 5.41) is 0. The first-order valence-electron chi connectivity index (χ1n) is 5.46. The van der Waals surface area contributed by atoms with E-state index in [0.29, 0.717) is 17.7 Å². The third kappa shape index (κ3) is 3.34. The van der Waals surface area contributed by atoms with E-state index in [1.165, 1.54) is 0 Å². The van der Waals surface area contributed by atoms with Crippen molar-refractivity contribution in [1.29, 1.82) is 0 Å². The van der Waals surface area contributed by atoms with Crippen molar-refractivity contribution in [2.45, 2.75) is 6.42 Å². The Morgan fingerprint density at radius 2 is 2.00 bits per heavy atom. The Morgan fingerprint density at radius 3 is 2.61 bits per heavy atom. The van der Waals surface area contributed by atoms with E-state index in [1.54, 1.807) is 18.6 Å². The van der Waals surface area contributed by atoms with Gasteiger partial charge in [-0.15, -0.1) is 0 Å². The van der Waals surface area contributed by atoms with Gasteiger partial charge >= 0.3 is 0 Å². The summed E-state index contributed by atoms with van der Waals surface area (Å²) in [5.41, 5.74) is 2.30. The molecule has 0 aliphatic carbocycles. The van der Waals surface area contributed by atoms with Crippen LogP contribution in [0, 0.1) is 0 Å². The average Bonchev–Trinajstić information content (AvgIpc) is 2.43. The molecule has 0 aliphatic rings. The molecule has 90 valence electrons. The molecule has 0 amide bonds. The fourth-order valence-electron chi connectivity index (χ4n) is 1.51. The summed E-state index contributed by atoms with van der Waals surface area (Å²) in [5.74, 6) is 0. The highest BCUT2D eigenvalue weighted by atomic mass is 79.9. The molecule has 2 rings (SSSR count). The SMILES string of the molecule is O=CC(=CCc1ccc(Br)cc1)c1cnccn1. The van der Waals surface area contributed by atoms with Gasteiger partial charge in [0.2, 0.25) is 0 Å². The van der Waals surface area contributed by atoms with Gasteiger partial charge < -0.3 is 0 Å². The summed E-state index contributed by atoms with van der Waals surface area (Å²) in [6.45, 7) is 0. The second kappa shape index (κ2) is 6.21. The largest absolute Gasteiger partial charge is 0.298 e. The zero-order valence-electron chi connectivity index (χ0n) is 9.58. The first-order valence-corrected chi connectivity index (χ1v) is 6.25. The minimum absolute atomic E-state index is 0.561. The van der Waals surface area contributed by atoms with Crippen molar-refractivity contribution in [3.63, 3.8) is 0 Å². The molecule has 2 aromatic rings. The lowest BCUT2D eigenvalue weighted by molar-refractivity contribution is -0.103. The van der Waals surface area contributed by atoms with E-state index in [9.17, 15) is 4.79 Å². The monoisotopic (exact) mass is 302 g/mol. The van der Waals surface area contributed by atoms with Crippen molar-refractivity contribution < 1.29 is 4.79 Å². The molecule has 0 N–H and O–H groups in total. The summed E-state index contributed by atoms with van der Waals surface area (Å²) < 4.78 is 1.04. The van der Waals surface area contributed by atoms with Crippen LogP contribution in [0.1, 0.15) is 11.3 Å². The molecule has 1 heterocycles. The fraction of sp³-hybridized carbons (Fsp3) is 0.0714. The molecule has 18 heavy (non-hydrogen) atoms. The molecule has 0 unspecified atom stereocenters. The Hall–Kier alpha value is -1.81. The number of hydrogen-bond donors (Lipinski definition) is 0. The van der Waals surface area contributed by atoms with Crippen LogP contribution in [0.5, 0.6) is 0 Å². The fourth-order valence-corrected chi connectivity index (χ4v) is 1.77. The summed E-state index contributed by atoms with van der Waals surface area (Å²) in [4.78, 5) is 19.1. The molecule has 4 heteroatoms. The molecule has 0 aliphatic heterocycles. The quantitative estimate of drug-likeness (QED) is 0.644. The highest BCUT2D eigenvalue weighted by Gasteiger charge is 2.01. The van der Waals surface area contributed by atoms with Crippen LogP contribution in [-0.2, 0) is 11.2 Å². The normalized spacial score (nSPS) is 11.3. The lowest BCUT2D eigenvalue weighted by Crippen LogP contribution is -1.92. The summed E-state index contributed by atoms with van der Waals surface area (Å²) >= 11 is 3.39. The molecule has 0 fully saturated rings. The first kappa shape index (κ1) is 12.6. The van der Waals surface area contributed by atoms with Crippen molar-refractivity contribution in [3.8, 4) is 0 Å². The van der Waals surface area contributed by atoms with E-state index in [4.69, 9.17) is 0 Å². The molecule has 0 spiro atoms. The summed E-state index contributed by atoms with van der Waals surface area (Å²) in [7, 11) is 0. The molecule has 3 nitrogen and oxygen atoms in total. The van der Waals surface area contributed by atoms with Gasteiger partial charge in [0.05, 0.1) is 11.9 Å². The number of aromatic nitrogens is 2. The second-order valence-corrected chi connectivity index (χ2v) is 4.61. The number of halogens is 1. The van der Waals surface area contributed by atoms with Crippen LogP contribution < -0.4 is 0 Å². The van der Waals surface area contributed by atoms with E-state index in [2.05, 4.69) is 25.9 Å². The van der Waals surface area contributed by atoms with Crippen LogP contribution >= 0.6 is 15.9 Å². The van der Waals surface area contributed by atoms with Crippen LogP contribution in [0.2, 0.25) is 0 Å². The molecular formula is C14H11BrN2O. The van der Waals surface area contributed by atoms with E-state index in [0.717, 1.165) is 16.3 Å². The highest BCUT2D eigenvalue weighted by molar-refractivity contribution is 9.10.